The molecule has 2 aliphatic heterocycles. The second-order valence-corrected chi connectivity index (χ2v) is 7.01. The highest BCUT2D eigenvalue weighted by Crippen LogP contribution is 2.36. The molecule has 1 aromatic carbocycles. The van der Waals surface area contributed by atoms with Gasteiger partial charge in [-0.05, 0) is 43.9 Å². The van der Waals surface area contributed by atoms with Crippen LogP contribution >= 0.6 is 0 Å². The van der Waals surface area contributed by atoms with Crippen molar-refractivity contribution in [1.82, 2.24) is 4.90 Å². The van der Waals surface area contributed by atoms with Crippen LogP contribution in [0.15, 0.2) is 24.3 Å². The van der Waals surface area contributed by atoms with Crippen LogP contribution < -0.4 is 4.74 Å². The van der Waals surface area contributed by atoms with Crippen molar-refractivity contribution in [3.8, 4) is 5.75 Å². The lowest BCUT2D eigenvalue weighted by Gasteiger charge is -2.46. The lowest BCUT2D eigenvalue weighted by molar-refractivity contribution is -0.160. The van der Waals surface area contributed by atoms with E-state index in [9.17, 15) is 4.79 Å². The molecule has 2 aliphatic rings. The number of amides is 1. The Hall–Kier alpha value is -1.59. The normalized spacial score (nSPS) is 22.8. The molecule has 0 N–H and O–H groups in total. The average Bonchev–Trinajstić information content (AvgIpc) is 2.63. The van der Waals surface area contributed by atoms with Gasteiger partial charge in [0, 0.05) is 32.7 Å². The Morgan fingerprint density at radius 1 is 1.36 bits per heavy atom. The van der Waals surface area contributed by atoms with Gasteiger partial charge >= 0.3 is 0 Å². The van der Waals surface area contributed by atoms with E-state index in [2.05, 4.69) is 0 Å². The highest BCUT2D eigenvalue weighted by Gasteiger charge is 2.41. The minimum atomic E-state index is -0.0924. The molecule has 3 rings (SSSR count). The van der Waals surface area contributed by atoms with Crippen LogP contribution in [0.3, 0.4) is 0 Å². The van der Waals surface area contributed by atoms with Crippen LogP contribution in [-0.4, -0.2) is 55.9 Å². The molecule has 138 valence electrons. The van der Waals surface area contributed by atoms with Crippen LogP contribution in [0.1, 0.15) is 38.2 Å². The molecule has 1 amide bonds. The molecule has 0 aromatic heterocycles. The van der Waals surface area contributed by atoms with Gasteiger partial charge in [-0.3, -0.25) is 4.79 Å². The number of hydrogen-bond acceptors (Lipinski definition) is 4. The van der Waals surface area contributed by atoms with Crippen molar-refractivity contribution in [1.29, 1.82) is 0 Å². The zero-order valence-electron chi connectivity index (χ0n) is 15.3. The minimum Gasteiger partial charge on any atom is -0.497 e. The summed E-state index contributed by atoms with van der Waals surface area (Å²) >= 11 is 0. The SMILES string of the molecule is CCOC1CCOC2(CCN(C(=O)Cc3cccc(OC)c3)CC2)C1. The maximum Gasteiger partial charge on any atom is 0.226 e. The maximum absolute atomic E-state index is 12.6. The Morgan fingerprint density at radius 3 is 2.88 bits per heavy atom. The summed E-state index contributed by atoms with van der Waals surface area (Å²) in [5.74, 6) is 0.973. The summed E-state index contributed by atoms with van der Waals surface area (Å²) in [5.41, 5.74) is 0.903. The molecule has 2 fully saturated rings. The molecule has 0 radical (unpaired) electrons. The first-order valence-electron chi connectivity index (χ1n) is 9.30. The molecule has 0 saturated carbocycles. The molecule has 1 spiro atoms. The Bertz CT molecular complexity index is 579. The van der Waals surface area contributed by atoms with Gasteiger partial charge in [0.2, 0.25) is 5.91 Å². The van der Waals surface area contributed by atoms with Crippen molar-refractivity contribution in [3.63, 3.8) is 0 Å². The van der Waals surface area contributed by atoms with Gasteiger partial charge in [-0.2, -0.15) is 0 Å². The van der Waals surface area contributed by atoms with Crippen LogP contribution in [-0.2, 0) is 20.7 Å². The summed E-state index contributed by atoms with van der Waals surface area (Å²) in [6.07, 6.45) is 4.47. The molecule has 25 heavy (non-hydrogen) atoms. The molecule has 2 saturated heterocycles. The molecular weight excluding hydrogens is 318 g/mol. The molecular formula is C20H29NO4. The lowest BCUT2D eigenvalue weighted by Crippen LogP contribution is -2.52. The summed E-state index contributed by atoms with van der Waals surface area (Å²) < 4.78 is 17.2. The van der Waals surface area contributed by atoms with Crippen LogP contribution in [0, 0.1) is 0 Å². The fourth-order valence-corrected chi connectivity index (χ4v) is 3.94. The van der Waals surface area contributed by atoms with Crippen LogP contribution in [0.5, 0.6) is 5.75 Å². The maximum atomic E-state index is 12.6. The monoisotopic (exact) mass is 347 g/mol. The van der Waals surface area contributed by atoms with E-state index in [0.717, 1.165) is 63.3 Å². The van der Waals surface area contributed by atoms with Gasteiger partial charge < -0.3 is 19.1 Å². The third kappa shape index (κ3) is 4.53. The van der Waals surface area contributed by atoms with Gasteiger partial charge in [-0.25, -0.2) is 0 Å². The second kappa shape index (κ2) is 8.19. The number of carbonyl (C=O) groups excluding carboxylic acids is 1. The number of hydrogen-bond donors (Lipinski definition) is 0. The van der Waals surface area contributed by atoms with Gasteiger partial charge in [0.1, 0.15) is 5.75 Å². The molecule has 2 heterocycles. The Balaban J connectivity index is 1.53. The summed E-state index contributed by atoms with van der Waals surface area (Å²) in [6.45, 7) is 5.10. The third-order valence-corrected chi connectivity index (χ3v) is 5.37. The van der Waals surface area contributed by atoms with Crippen molar-refractivity contribution in [2.75, 3.05) is 33.4 Å². The zero-order chi connectivity index (χ0) is 17.7. The van der Waals surface area contributed by atoms with Crippen molar-refractivity contribution in [3.05, 3.63) is 29.8 Å². The number of nitrogens with zero attached hydrogens (tertiary/aromatic N) is 1. The first-order chi connectivity index (χ1) is 12.1. The van der Waals surface area contributed by atoms with Gasteiger partial charge in [0.25, 0.3) is 0 Å². The molecule has 1 unspecified atom stereocenters. The van der Waals surface area contributed by atoms with E-state index in [1.54, 1.807) is 7.11 Å². The number of benzene rings is 1. The predicted molar refractivity (Wildman–Crippen MR) is 95.8 cm³/mol. The van der Waals surface area contributed by atoms with Crippen LogP contribution in [0.2, 0.25) is 0 Å². The largest absolute Gasteiger partial charge is 0.497 e. The van der Waals surface area contributed by atoms with E-state index in [4.69, 9.17) is 14.2 Å². The van der Waals surface area contributed by atoms with Gasteiger partial charge in [0.05, 0.1) is 25.2 Å². The molecule has 0 bridgehead atoms. The second-order valence-electron chi connectivity index (χ2n) is 7.01. The fourth-order valence-electron chi connectivity index (χ4n) is 3.94. The molecule has 1 atom stereocenters. The number of rotatable bonds is 5. The summed E-state index contributed by atoms with van der Waals surface area (Å²) in [5, 5.41) is 0. The molecule has 0 aliphatic carbocycles. The Labute approximate surface area is 150 Å². The number of likely N-dealkylation sites (tertiary alicyclic amines) is 1. The molecule has 5 heteroatoms. The first-order valence-corrected chi connectivity index (χ1v) is 9.30. The van der Waals surface area contributed by atoms with Crippen molar-refractivity contribution in [2.24, 2.45) is 0 Å². The summed E-state index contributed by atoms with van der Waals surface area (Å²) in [4.78, 5) is 14.6. The van der Waals surface area contributed by atoms with E-state index < -0.39 is 0 Å². The number of carbonyl (C=O) groups is 1. The summed E-state index contributed by atoms with van der Waals surface area (Å²) in [6, 6.07) is 7.73. The Kier molecular flexibility index (Phi) is 5.97. The van der Waals surface area contributed by atoms with Gasteiger partial charge in [-0.15, -0.1) is 0 Å². The van der Waals surface area contributed by atoms with E-state index in [1.807, 2.05) is 36.1 Å². The lowest BCUT2D eigenvalue weighted by atomic mass is 9.83. The van der Waals surface area contributed by atoms with E-state index in [-0.39, 0.29) is 11.5 Å². The Morgan fingerprint density at radius 2 is 2.16 bits per heavy atom. The summed E-state index contributed by atoms with van der Waals surface area (Å²) in [7, 11) is 1.64. The standard InChI is InChI=1S/C20H29NO4/c1-3-24-18-7-12-25-20(15-18)8-10-21(11-9-20)19(22)14-16-5-4-6-17(13-16)23-2/h4-6,13,18H,3,7-12,14-15H2,1-2H3. The average molecular weight is 347 g/mol. The topological polar surface area (TPSA) is 48.0 Å². The van der Waals surface area contributed by atoms with E-state index >= 15 is 0 Å². The number of ether oxygens (including phenoxy) is 3. The third-order valence-electron chi connectivity index (χ3n) is 5.37. The van der Waals surface area contributed by atoms with Crippen molar-refractivity contribution >= 4 is 5.91 Å². The van der Waals surface area contributed by atoms with E-state index in [1.165, 1.54) is 0 Å². The predicted octanol–water partition coefficient (Wildman–Crippen LogP) is 2.81. The highest BCUT2D eigenvalue weighted by molar-refractivity contribution is 5.79. The van der Waals surface area contributed by atoms with Crippen molar-refractivity contribution in [2.45, 2.75) is 50.7 Å². The minimum absolute atomic E-state index is 0.0924. The van der Waals surface area contributed by atoms with Gasteiger partial charge in [-0.1, -0.05) is 12.1 Å². The highest BCUT2D eigenvalue weighted by atomic mass is 16.5. The van der Waals surface area contributed by atoms with Crippen LogP contribution in [0.25, 0.3) is 0 Å². The molecule has 5 nitrogen and oxygen atoms in total. The van der Waals surface area contributed by atoms with Gasteiger partial charge in [0.15, 0.2) is 0 Å². The first kappa shape index (κ1) is 18.2. The molecule has 1 aromatic rings. The quantitative estimate of drug-likeness (QED) is 0.822. The van der Waals surface area contributed by atoms with Crippen LogP contribution in [0.4, 0.5) is 0 Å². The fraction of sp³-hybridized carbons (Fsp3) is 0.650. The zero-order valence-corrected chi connectivity index (χ0v) is 15.3. The van der Waals surface area contributed by atoms with Crippen molar-refractivity contribution < 1.29 is 19.0 Å². The smallest absolute Gasteiger partial charge is 0.226 e. The number of methoxy groups -OCH3 is 1. The van der Waals surface area contributed by atoms with E-state index in [0.29, 0.717) is 12.5 Å². The number of piperidine rings is 1.